The maximum absolute atomic E-state index is 13.0. The minimum Gasteiger partial charge on any atom is -0.342 e. The Labute approximate surface area is 142 Å². The summed E-state index contributed by atoms with van der Waals surface area (Å²) in [5.41, 5.74) is 0. The minimum absolute atomic E-state index is 0.0419. The maximum atomic E-state index is 13.0. The van der Waals surface area contributed by atoms with Crippen molar-refractivity contribution in [3.63, 3.8) is 0 Å². The highest BCUT2D eigenvalue weighted by atomic mass is 32.2. The molecule has 1 saturated heterocycles. The van der Waals surface area contributed by atoms with Gasteiger partial charge in [0.1, 0.15) is 5.82 Å². The summed E-state index contributed by atoms with van der Waals surface area (Å²) >= 11 is 0. The first-order valence-corrected chi connectivity index (χ1v) is 9.96. The molecule has 4 nitrogen and oxygen atoms in total. The number of hydrogen-bond acceptors (Lipinski definition) is 3. The van der Waals surface area contributed by atoms with Crippen molar-refractivity contribution >= 4 is 15.7 Å². The molecule has 1 fully saturated rings. The van der Waals surface area contributed by atoms with Gasteiger partial charge in [-0.05, 0) is 56.4 Å². The highest BCUT2D eigenvalue weighted by molar-refractivity contribution is 7.92. The Bertz CT molecular complexity index is 719. The summed E-state index contributed by atoms with van der Waals surface area (Å²) < 4.78 is 38.3. The number of amides is 1. The first-order chi connectivity index (χ1) is 11.5. The molecule has 0 N–H and O–H groups in total. The standard InChI is InChI=1S/C18H22FNO3S/c19-15-6-8-16(9-7-15)24(22,23)17-10-12-20(13-11-17)18(21)14-4-2-1-3-5-14/h1-2,6-9,14,17H,3-5,10-13H2/t14-/m0/s1. The van der Waals surface area contributed by atoms with E-state index < -0.39 is 20.9 Å². The number of benzene rings is 1. The van der Waals surface area contributed by atoms with Crippen LogP contribution in [0.15, 0.2) is 41.3 Å². The molecule has 0 saturated carbocycles. The molecule has 2 aliphatic rings. The average Bonchev–Trinajstić information content (AvgIpc) is 2.62. The zero-order chi connectivity index (χ0) is 17.2. The normalized spacial score (nSPS) is 22.5. The van der Waals surface area contributed by atoms with Crippen LogP contribution in [0.3, 0.4) is 0 Å². The van der Waals surface area contributed by atoms with Gasteiger partial charge >= 0.3 is 0 Å². The lowest BCUT2D eigenvalue weighted by molar-refractivity contribution is -0.136. The molecule has 0 radical (unpaired) electrons. The van der Waals surface area contributed by atoms with E-state index >= 15 is 0 Å². The number of allylic oxidation sites excluding steroid dienone is 2. The monoisotopic (exact) mass is 351 g/mol. The molecule has 130 valence electrons. The van der Waals surface area contributed by atoms with E-state index in [0.717, 1.165) is 19.3 Å². The number of piperidine rings is 1. The van der Waals surface area contributed by atoms with Crippen LogP contribution < -0.4 is 0 Å². The Morgan fingerprint density at radius 2 is 1.71 bits per heavy atom. The van der Waals surface area contributed by atoms with E-state index in [1.54, 1.807) is 4.90 Å². The van der Waals surface area contributed by atoms with Crippen LogP contribution in [0.1, 0.15) is 32.1 Å². The van der Waals surface area contributed by atoms with Gasteiger partial charge in [0.05, 0.1) is 10.1 Å². The molecule has 1 heterocycles. The van der Waals surface area contributed by atoms with Crippen molar-refractivity contribution in [2.75, 3.05) is 13.1 Å². The number of rotatable bonds is 3. The molecule has 1 amide bonds. The smallest absolute Gasteiger partial charge is 0.226 e. The topological polar surface area (TPSA) is 54.5 Å². The molecular formula is C18H22FNO3S. The molecule has 1 aliphatic carbocycles. The number of nitrogens with zero attached hydrogens (tertiary/aromatic N) is 1. The van der Waals surface area contributed by atoms with Gasteiger partial charge in [-0.15, -0.1) is 0 Å². The van der Waals surface area contributed by atoms with Gasteiger partial charge in [-0.1, -0.05) is 12.2 Å². The Morgan fingerprint density at radius 1 is 1.04 bits per heavy atom. The lowest BCUT2D eigenvalue weighted by Crippen LogP contribution is -2.45. The summed E-state index contributed by atoms with van der Waals surface area (Å²) in [4.78, 5) is 14.5. The summed E-state index contributed by atoms with van der Waals surface area (Å²) in [6.45, 7) is 0.953. The van der Waals surface area contributed by atoms with Crippen molar-refractivity contribution in [1.29, 1.82) is 0 Å². The number of sulfone groups is 1. The third-order valence-corrected chi connectivity index (χ3v) is 7.23. The zero-order valence-electron chi connectivity index (χ0n) is 13.5. The van der Waals surface area contributed by atoms with Crippen molar-refractivity contribution < 1.29 is 17.6 Å². The van der Waals surface area contributed by atoms with Gasteiger partial charge in [-0.25, -0.2) is 12.8 Å². The van der Waals surface area contributed by atoms with Crippen LogP contribution in [0.5, 0.6) is 0 Å². The summed E-state index contributed by atoms with van der Waals surface area (Å²) in [5.74, 6) is -0.256. The third kappa shape index (κ3) is 3.53. The van der Waals surface area contributed by atoms with Gasteiger partial charge in [-0.3, -0.25) is 4.79 Å². The van der Waals surface area contributed by atoms with Crippen LogP contribution in [0, 0.1) is 11.7 Å². The van der Waals surface area contributed by atoms with Crippen molar-refractivity contribution in [3.05, 3.63) is 42.2 Å². The van der Waals surface area contributed by atoms with E-state index in [2.05, 4.69) is 12.2 Å². The molecule has 3 rings (SSSR count). The number of carbonyl (C=O) groups excluding carboxylic acids is 1. The molecule has 1 aliphatic heterocycles. The van der Waals surface area contributed by atoms with Crippen molar-refractivity contribution in [3.8, 4) is 0 Å². The summed E-state index contributed by atoms with van der Waals surface area (Å²) in [7, 11) is -3.47. The molecule has 0 spiro atoms. The van der Waals surface area contributed by atoms with Crippen LogP contribution in [-0.4, -0.2) is 37.6 Å². The predicted octanol–water partition coefficient (Wildman–Crippen LogP) is 2.95. The predicted molar refractivity (Wildman–Crippen MR) is 89.7 cm³/mol. The highest BCUT2D eigenvalue weighted by Crippen LogP contribution is 2.27. The second-order valence-electron chi connectivity index (χ2n) is 6.50. The first kappa shape index (κ1) is 17.1. The fourth-order valence-corrected chi connectivity index (χ4v) is 5.21. The van der Waals surface area contributed by atoms with Gasteiger partial charge in [0.2, 0.25) is 5.91 Å². The molecule has 1 atom stereocenters. The van der Waals surface area contributed by atoms with Crippen LogP contribution >= 0.6 is 0 Å². The number of likely N-dealkylation sites (tertiary alicyclic amines) is 1. The van der Waals surface area contributed by atoms with Crippen LogP contribution in [-0.2, 0) is 14.6 Å². The Morgan fingerprint density at radius 3 is 2.29 bits per heavy atom. The molecule has 0 unspecified atom stereocenters. The Balaban J connectivity index is 1.63. The van der Waals surface area contributed by atoms with E-state index in [0.29, 0.717) is 25.9 Å². The molecule has 24 heavy (non-hydrogen) atoms. The molecule has 1 aromatic carbocycles. The van der Waals surface area contributed by atoms with E-state index in [1.165, 1.54) is 24.3 Å². The van der Waals surface area contributed by atoms with Gasteiger partial charge < -0.3 is 4.90 Å². The molecule has 1 aromatic rings. The van der Waals surface area contributed by atoms with Crippen LogP contribution in [0.2, 0.25) is 0 Å². The van der Waals surface area contributed by atoms with Crippen LogP contribution in [0.25, 0.3) is 0 Å². The van der Waals surface area contributed by atoms with E-state index in [1.807, 2.05) is 0 Å². The minimum atomic E-state index is -3.47. The SMILES string of the molecule is O=C([C@H]1CC=CCC1)N1CCC(S(=O)(=O)c2ccc(F)cc2)CC1. The highest BCUT2D eigenvalue weighted by Gasteiger charge is 2.34. The molecular weight excluding hydrogens is 329 g/mol. The maximum Gasteiger partial charge on any atom is 0.226 e. The lowest BCUT2D eigenvalue weighted by Gasteiger charge is -2.34. The van der Waals surface area contributed by atoms with Gasteiger partial charge in [0.25, 0.3) is 0 Å². The molecule has 0 aromatic heterocycles. The molecule has 0 bridgehead atoms. The first-order valence-electron chi connectivity index (χ1n) is 8.42. The van der Waals surface area contributed by atoms with E-state index in [4.69, 9.17) is 0 Å². The second-order valence-corrected chi connectivity index (χ2v) is 8.73. The fraction of sp³-hybridized carbons (Fsp3) is 0.500. The third-order valence-electron chi connectivity index (χ3n) is 4.95. The Kier molecular flexibility index (Phi) is 5.04. The fourth-order valence-electron chi connectivity index (χ4n) is 3.48. The zero-order valence-corrected chi connectivity index (χ0v) is 14.3. The summed E-state index contributed by atoms with van der Waals surface area (Å²) in [6.07, 6.45) is 7.63. The number of hydrogen-bond donors (Lipinski definition) is 0. The number of carbonyl (C=O) groups is 1. The van der Waals surface area contributed by atoms with Gasteiger partial charge in [-0.2, -0.15) is 0 Å². The Hall–Kier alpha value is -1.69. The lowest BCUT2D eigenvalue weighted by atomic mass is 9.92. The van der Waals surface area contributed by atoms with Gasteiger partial charge in [0.15, 0.2) is 9.84 Å². The van der Waals surface area contributed by atoms with E-state index in [9.17, 15) is 17.6 Å². The van der Waals surface area contributed by atoms with Crippen molar-refractivity contribution in [1.82, 2.24) is 4.90 Å². The van der Waals surface area contributed by atoms with Crippen LogP contribution in [0.4, 0.5) is 4.39 Å². The number of halogens is 1. The largest absolute Gasteiger partial charge is 0.342 e. The van der Waals surface area contributed by atoms with Gasteiger partial charge in [0, 0.05) is 19.0 Å². The average molecular weight is 351 g/mol. The van der Waals surface area contributed by atoms with Crippen molar-refractivity contribution in [2.24, 2.45) is 5.92 Å². The van der Waals surface area contributed by atoms with Crippen molar-refractivity contribution in [2.45, 2.75) is 42.2 Å². The second kappa shape index (κ2) is 7.05. The van der Waals surface area contributed by atoms with E-state index in [-0.39, 0.29) is 16.7 Å². The summed E-state index contributed by atoms with van der Waals surface area (Å²) in [6, 6.07) is 4.97. The molecule has 6 heteroatoms. The quantitative estimate of drug-likeness (QED) is 0.621. The summed E-state index contributed by atoms with van der Waals surface area (Å²) in [5, 5.41) is -0.502.